The number of sulfonamides is 1. The monoisotopic (exact) mass is 359 g/mol. The molecule has 2 aromatic carbocycles. The molecular weight excluding hydrogens is 349 g/mol. The number of rotatable bonds is 4. The summed E-state index contributed by atoms with van der Waals surface area (Å²) in [4.78, 5) is -0.0198. The van der Waals surface area contributed by atoms with Crippen molar-refractivity contribution in [1.29, 1.82) is 0 Å². The van der Waals surface area contributed by atoms with Gasteiger partial charge in [-0.15, -0.1) is 0 Å². The van der Waals surface area contributed by atoms with Crippen LogP contribution in [0.5, 0.6) is 5.75 Å². The highest BCUT2D eigenvalue weighted by atomic mass is 79.9. The molecule has 0 radical (unpaired) electrons. The largest absolute Gasteiger partial charge is 0.497 e. The Hall–Kier alpha value is -1.60. The van der Waals surface area contributed by atoms with Crippen molar-refractivity contribution in [3.63, 3.8) is 0 Å². The predicted octanol–water partition coefficient (Wildman–Crippen LogP) is 3.40. The lowest BCUT2D eigenvalue weighted by molar-refractivity contribution is 0.415. The molecule has 1 N–H and O–H groups in total. The summed E-state index contributed by atoms with van der Waals surface area (Å²) >= 11 is 3.25. The molecule has 20 heavy (non-hydrogen) atoms. The van der Waals surface area contributed by atoms with Crippen LogP contribution in [0, 0.1) is 5.82 Å². The van der Waals surface area contributed by atoms with E-state index in [0.717, 1.165) is 12.1 Å². The van der Waals surface area contributed by atoms with Crippen molar-refractivity contribution in [2.75, 3.05) is 11.8 Å². The Bertz CT molecular complexity index is 717. The first-order valence-electron chi connectivity index (χ1n) is 5.54. The molecule has 2 rings (SSSR count). The maximum Gasteiger partial charge on any atom is 0.261 e. The van der Waals surface area contributed by atoms with E-state index in [-0.39, 0.29) is 4.90 Å². The molecule has 0 amide bonds. The SMILES string of the molecule is COc1ccc(Br)c(NS(=O)(=O)c2ccc(F)cc2)c1. The fraction of sp³-hybridized carbons (Fsp3) is 0.0769. The van der Waals surface area contributed by atoms with Crippen molar-refractivity contribution in [3.05, 3.63) is 52.8 Å². The molecule has 106 valence electrons. The third-order valence-electron chi connectivity index (χ3n) is 2.54. The zero-order valence-electron chi connectivity index (χ0n) is 10.4. The lowest BCUT2D eigenvalue weighted by Crippen LogP contribution is -2.13. The van der Waals surface area contributed by atoms with Gasteiger partial charge in [0.15, 0.2) is 0 Å². The molecular formula is C13H11BrFNO3S. The maximum absolute atomic E-state index is 12.8. The second-order valence-electron chi connectivity index (χ2n) is 3.91. The van der Waals surface area contributed by atoms with Crippen LogP contribution in [-0.2, 0) is 10.0 Å². The Labute approximate surface area is 124 Å². The minimum atomic E-state index is -3.78. The molecule has 2 aromatic rings. The van der Waals surface area contributed by atoms with E-state index in [1.165, 1.54) is 19.2 Å². The molecule has 0 unspecified atom stereocenters. The van der Waals surface area contributed by atoms with Crippen molar-refractivity contribution in [1.82, 2.24) is 0 Å². The topological polar surface area (TPSA) is 55.4 Å². The van der Waals surface area contributed by atoms with Gasteiger partial charge in [-0.2, -0.15) is 0 Å². The summed E-state index contributed by atoms with van der Waals surface area (Å²) in [5, 5.41) is 0. The van der Waals surface area contributed by atoms with Crippen LogP contribution in [0.1, 0.15) is 0 Å². The minimum Gasteiger partial charge on any atom is -0.497 e. The summed E-state index contributed by atoms with van der Waals surface area (Å²) in [6, 6.07) is 9.49. The molecule has 0 saturated carbocycles. The standard InChI is InChI=1S/C13H11BrFNO3S/c1-19-10-4-7-12(14)13(8-10)16-20(17,18)11-5-2-9(15)3-6-11/h2-8,16H,1H3. The Morgan fingerprint density at radius 2 is 1.80 bits per heavy atom. The van der Waals surface area contributed by atoms with Crippen molar-refractivity contribution >= 4 is 31.6 Å². The second kappa shape index (κ2) is 5.80. The Morgan fingerprint density at radius 3 is 2.40 bits per heavy atom. The lowest BCUT2D eigenvalue weighted by atomic mass is 10.3. The van der Waals surface area contributed by atoms with E-state index < -0.39 is 15.8 Å². The number of nitrogens with one attached hydrogen (secondary N) is 1. The minimum absolute atomic E-state index is 0.0198. The van der Waals surface area contributed by atoms with E-state index in [9.17, 15) is 12.8 Å². The number of methoxy groups -OCH3 is 1. The van der Waals surface area contributed by atoms with Gasteiger partial charge < -0.3 is 4.74 Å². The second-order valence-corrected chi connectivity index (χ2v) is 6.44. The van der Waals surface area contributed by atoms with Gasteiger partial charge in [0.1, 0.15) is 11.6 Å². The number of hydrogen-bond acceptors (Lipinski definition) is 3. The van der Waals surface area contributed by atoms with Crippen LogP contribution in [0.4, 0.5) is 10.1 Å². The zero-order valence-corrected chi connectivity index (χ0v) is 12.8. The van der Waals surface area contributed by atoms with Crippen molar-refractivity contribution in [2.24, 2.45) is 0 Å². The van der Waals surface area contributed by atoms with Crippen molar-refractivity contribution in [3.8, 4) is 5.75 Å². The van der Waals surface area contributed by atoms with E-state index in [2.05, 4.69) is 20.7 Å². The zero-order chi connectivity index (χ0) is 14.8. The molecule has 4 nitrogen and oxygen atoms in total. The summed E-state index contributed by atoms with van der Waals surface area (Å²) in [5.74, 6) is 0.0246. The van der Waals surface area contributed by atoms with E-state index in [1.807, 2.05) is 0 Å². The Kier molecular flexibility index (Phi) is 4.29. The smallest absolute Gasteiger partial charge is 0.261 e. The molecule has 0 aliphatic heterocycles. The molecule has 0 atom stereocenters. The van der Waals surface area contributed by atoms with E-state index in [4.69, 9.17) is 4.74 Å². The summed E-state index contributed by atoms with van der Waals surface area (Å²) in [5.41, 5.74) is 0.341. The van der Waals surface area contributed by atoms with Gasteiger partial charge in [0, 0.05) is 10.5 Å². The van der Waals surface area contributed by atoms with Gasteiger partial charge >= 0.3 is 0 Å². The fourth-order valence-corrected chi connectivity index (χ4v) is 3.07. The van der Waals surface area contributed by atoms with Gasteiger partial charge in [-0.25, -0.2) is 12.8 Å². The van der Waals surface area contributed by atoms with Gasteiger partial charge in [-0.1, -0.05) is 0 Å². The Morgan fingerprint density at radius 1 is 1.15 bits per heavy atom. The van der Waals surface area contributed by atoms with Gasteiger partial charge in [0.25, 0.3) is 10.0 Å². The summed E-state index contributed by atoms with van der Waals surface area (Å²) in [6.45, 7) is 0. The molecule has 0 fully saturated rings. The fourth-order valence-electron chi connectivity index (χ4n) is 1.53. The number of benzene rings is 2. The van der Waals surface area contributed by atoms with Crippen LogP contribution in [-0.4, -0.2) is 15.5 Å². The Balaban J connectivity index is 2.35. The molecule has 0 heterocycles. The molecule has 0 bridgehead atoms. The predicted molar refractivity (Wildman–Crippen MR) is 77.9 cm³/mol. The lowest BCUT2D eigenvalue weighted by Gasteiger charge is -2.11. The van der Waals surface area contributed by atoms with Crippen LogP contribution in [0.25, 0.3) is 0 Å². The van der Waals surface area contributed by atoms with Crippen LogP contribution in [0.15, 0.2) is 51.8 Å². The summed E-state index contributed by atoms with van der Waals surface area (Å²) in [6.07, 6.45) is 0. The van der Waals surface area contributed by atoms with E-state index in [1.54, 1.807) is 18.2 Å². The van der Waals surface area contributed by atoms with Crippen LogP contribution < -0.4 is 9.46 Å². The van der Waals surface area contributed by atoms with E-state index in [0.29, 0.717) is 15.9 Å². The van der Waals surface area contributed by atoms with Crippen LogP contribution in [0.2, 0.25) is 0 Å². The van der Waals surface area contributed by atoms with Gasteiger partial charge in [0.05, 0.1) is 17.7 Å². The van der Waals surface area contributed by atoms with Gasteiger partial charge in [0.2, 0.25) is 0 Å². The molecule has 0 aliphatic rings. The molecule has 0 spiro atoms. The quantitative estimate of drug-likeness (QED) is 0.909. The average Bonchev–Trinajstić information content (AvgIpc) is 2.41. The normalized spacial score (nSPS) is 11.2. The van der Waals surface area contributed by atoms with E-state index >= 15 is 0 Å². The molecule has 0 aliphatic carbocycles. The first kappa shape index (κ1) is 14.8. The first-order chi connectivity index (χ1) is 9.42. The highest BCUT2D eigenvalue weighted by molar-refractivity contribution is 9.10. The summed E-state index contributed by atoms with van der Waals surface area (Å²) < 4.78 is 45.2. The average molecular weight is 360 g/mol. The highest BCUT2D eigenvalue weighted by Gasteiger charge is 2.16. The number of halogens is 2. The first-order valence-corrected chi connectivity index (χ1v) is 7.82. The third-order valence-corrected chi connectivity index (χ3v) is 4.61. The number of hydrogen-bond donors (Lipinski definition) is 1. The molecule has 0 aromatic heterocycles. The van der Waals surface area contributed by atoms with Crippen LogP contribution in [0.3, 0.4) is 0 Å². The third kappa shape index (κ3) is 3.29. The molecule has 7 heteroatoms. The van der Waals surface area contributed by atoms with Crippen molar-refractivity contribution in [2.45, 2.75) is 4.90 Å². The maximum atomic E-state index is 12.8. The summed E-state index contributed by atoms with van der Waals surface area (Å²) in [7, 11) is -2.29. The van der Waals surface area contributed by atoms with Crippen LogP contribution >= 0.6 is 15.9 Å². The van der Waals surface area contributed by atoms with Gasteiger partial charge in [-0.3, -0.25) is 4.72 Å². The van der Waals surface area contributed by atoms with Crippen molar-refractivity contribution < 1.29 is 17.5 Å². The molecule has 0 saturated heterocycles. The van der Waals surface area contributed by atoms with Gasteiger partial charge in [-0.05, 0) is 52.3 Å². The number of ether oxygens (including phenoxy) is 1. The highest BCUT2D eigenvalue weighted by Crippen LogP contribution is 2.29. The number of anilines is 1.